The molecule has 0 bridgehead atoms. The van der Waals surface area contributed by atoms with Gasteiger partial charge in [-0.15, -0.1) is 0 Å². The minimum Gasteiger partial charge on any atom is -0.465 e. The number of carbonyl (C=O) groups excluding carboxylic acids is 1. The van der Waals surface area contributed by atoms with E-state index in [9.17, 15) is 4.79 Å². The second kappa shape index (κ2) is 6.04. The van der Waals surface area contributed by atoms with Gasteiger partial charge in [-0.1, -0.05) is 24.3 Å². The Morgan fingerprint density at radius 2 is 1.87 bits per heavy atom. The molecule has 0 atom stereocenters. The molecule has 0 saturated carbocycles. The van der Waals surface area contributed by atoms with Gasteiger partial charge in [0.05, 0.1) is 18.2 Å². The third kappa shape index (κ3) is 2.99. The van der Waals surface area contributed by atoms with Crippen LogP contribution in [-0.4, -0.2) is 23.0 Å². The summed E-state index contributed by atoms with van der Waals surface area (Å²) < 4.78 is 4.69. The highest BCUT2D eigenvalue weighted by Crippen LogP contribution is 2.22. The summed E-state index contributed by atoms with van der Waals surface area (Å²) in [5, 5.41) is 0.900. The van der Waals surface area contributed by atoms with Gasteiger partial charge in [0.2, 0.25) is 0 Å². The quantitative estimate of drug-likeness (QED) is 0.753. The Balaban J connectivity index is 1.91. The summed E-state index contributed by atoms with van der Waals surface area (Å²) in [6.07, 6.45) is 0.551. The van der Waals surface area contributed by atoms with Gasteiger partial charge in [-0.05, 0) is 36.2 Å². The molecule has 3 aromatic rings. The van der Waals surface area contributed by atoms with Gasteiger partial charge in [0.15, 0.2) is 0 Å². The molecule has 0 fully saturated rings. The van der Waals surface area contributed by atoms with Crippen molar-refractivity contribution in [3.8, 4) is 0 Å². The van der Waals surface area contributed by atoms with Crippen LogP contribution in [0.4, 0.5) is 5.82 Å². The Morgan fingerprint density at radius 3 is 2.57 bits per heavy atom. The second-order valence-corrected chi connectivity index (χ2v) is 5.36. The monoisotopic (exact) mass is 307 g/mol. The van der Waals surface area contributed by atoms with Crippen LogP contribution in [0.15, 0.2) is 42.5 Å². The van der Waals surface area contributed by atoms with Crippen LogP contribution in [0.5, 0.6) is 0 Å². The average Bonchev–Trinajstić information content (AvgIpc) is 2.54. The molecule has 2 aromatic carbocycles. The summed E-state index contributed by atoms with van der Waals surface area (Å²) >= 11 is 0. The minimum absolute atomic E-state index is 0.349. The van der Waals surface area contributed by atoms with E-state index < -0.39 is 0 Å². The third-order valence-electron chi connectivity index (χ3n) is 3.74. The van der Waals surface area contributed by atoms with Gasteiger partial charge >= 0.3 is 5.97 Å². The zero-order valence-electron chi connectivity index (χ0n) is 13.0. The standard InChI is InChI=1S/C18H17N3O2/c1-11-4-3-5-14-16(11)17(19)21-15(20-14)10-12-6-8-13(9-7-12)18(22)23-2/h3-9H,10H2,1-2H3,(H2,19,20,21). The molecule has 0 aliphatic heterocycles. The molecule has 0 amide bonds. The van der Waals surface area contributed by atoms with Gasteiger partial charge in [-0.3, -0.25) is 0 Å². The topological polar surface area (TPSA) is 78.1 Å². The van der Waals surface area contributed by atoms with E-state index >= 15 is 0 Å². The van der Waals surface area contributed by atoms with Crippen LogP contribution in [0.25, 0.3) is 10.9 Å². The number of hydrogen-bond acceptors (Lipinski definition) is 5. The average molecular weight is 307 g/mol. The highest BCUT2D eigenvalue weighted by molar-refractivity contribution is 5.91. The van der Waals surface area contributed by atoms with E-state index in [1.54, 1.807) is 12.1 Å². The molecule has 0 radical (unpaired) electrons. The van der Waals surface area contributed by atoms with E-state index in [2.05, 4.69) is 14.7 Å². The lowest BCUT2D eigenvalue weighted by Gasteiger charge is -2.08. The molecule has 0 saturated heterocycles. The summed E-state index contributed by atoms with van der Waals surface area (Å²) in [5.41, 5.74) is 9.51. The molecule has 2 N–H and O–H groups in total. The van der Waals surface area contributed by atoms with Crippen molar-refractivity contribution in [2.45, 2.75) is 13.3 Å². The van der Waals surface area contributed by atoms with Gasteiger partial charge in [0.25, 0.3) is 0 Å². The number of nitrogens with two attached hydrogens (primary N) is 1. The number of aromatic nitrogens is 2. The fourth-order valence-electron chi connectivity index (χ4n) is 2.58. The van der Waals surface area contributed by atoms with Crippen LogP contribution in [0.2, 0.25) is 0 Å². The predicted octanol–water partition coefficient (Wildman–Crippen LogP) is 2.90. The molecule has 23 heavy (non-hydrogen) atoms. The van der Waals surface area contributed by atoms with E-state index in [4.69, 9.17) is 5.73 Å². The lowest BCUT2D eigenvalue weighted by Crippen LogP contribution is -2.04. The molecule has 5 nitrogen and oxygen atoms in total. The molecular weight excluding hydrogens is 290 g/mol. The van der Waals surface area contributed by atoms with Gasteiger partial charge in [-0.25, -0.2) is 14.8 Å². The zero-order valence-corrected chi connectivity index (χ0v) is 13.0. The van der Waals surface area contributed by atoms with Crippen molar-refractivity contribution in [2.75, 3.05) is 12.8 Å². The first-order valence-corrected chi connectivity index (χ1v) is 7.27. The maximum absolute atomic E-state index is 11.4. The Morgan fingerprint density at radius 1 is 1.13 bits per heavy atom. The van der Waals surface area contributed by atoms with Crippen molar-refractivity contribution in [3.63, 3.8) is 0 Å². The Bertz CT molecular complexity index is 873. The Kier molecular flexibility index (Phi) is 3.93. The first kappa shape index (κ1) is 15.0. The van der Waals surface area contributed by atoms with Gasteiger partial charge in [0, 0.05) is 11.8 Å². The number of anilines is 1. The zero-order chi connectivity index (χ0) is 16.4. The van der Waals surface area contributed by atoms with Crippen LogP contribution in [0, 0.1) is 6.92 Å². The largest absolute Gasteiger partial charge is 0.465 e. The van der Waals surface area contributed by atoms with Crippen LogP contribution in [0.1, 0.15) is 27.3 Å². The second-order valence-electron chi connectivity index (χ2n) is 5.36. The summed E-state index contributed by atoms with van der Waals surface area (Å²) in [5.74, 6) is 0.805. The van der Waals surface area contributed by atoms with E-state index in [-0.39, 0.29) is 5.97 Å². The normalized spacial score (nSPS) is 10.7. The molecule has 1 aromatic heterocycles. The van der Waals surface area contributed by atoms with E-state index in [1.807, 2.05) is 37.3 Å². The number of esters is 1. The Labute approximate surface area is 134 Å². The van der Waals surface area contributed by atoms with Crippen molar-refractivity contribution in [1.29, 1.82) is 0 Å². The van der Waals surface area contributed by atoms with Crippen molar-refractivity contribution >= 4 is 22.7 Å². The number of fused-ring (bicyclic) bond motifs is 1. The number of nitrogen functional groups attached to an aromatic ring is 1. The van der Waals surface area contributed by atoms with Crippen molar-refractivity contribution in [2.24, 2.45) is 0 Å². The number of ether oxygens (including phenoxy) is 1. The molecular formula is C18H17N3O2. The molecule has 3 rings (SSSR count). The van der Waals surface area contributed by atoms with E-state index in [0.717, 1.165) is 22.0 Å². The Hall–Kier alpha value is -2.95. The van der Waals surface area contributed by atoms with Crippen molar-refractivity contribution in [3.05, 3.63) is 65.0 Å². The van der Waals surface area contributed by atoms with E-state index in [1.165, 1.54) is 7.11 Å². The number of hydrogen-bond donors (Lipinski definition) is 1. The van der Waals surface area contributed by atoms with Gasteiger partial charge < -0.3 is 10.5 Å². The summed E-state index contributed by atoms with van der Waals surface area (Å²) in [7, 11) is 1.37. The predicted molar refractivity (Wildman–Crippen MR) is 89.3 cm³/mol. The van der Waals surface area contributed by atoms with E-state index in [0.29, 0.717) is 23.6 Å². The number of benzene rings is 2. The minimum atomic E-state index is -0.349. The molecule has 0 aliphatic rings. The SMILES string of the molecule is COC(=O)c1ccc(Cc2nc(N)c3c(C)cccc3n2)cc1. The number of rotatable bonds is 3. The number of nitrogens with zero attached hydrogens (tertiary/aromatic N) is 2. The van der Waals surface area contributed by atoms with Crippen molar-refractivity contribution in [1.82, 2.24) is 9.97 Å². The third-order valence-corrected chi connectivity index (χ3v) is 3.74. The molecule has 0 unspecified atom stereocenters. The molecule has 1 heterocycles. The molecule has 0 spiro atoms. The molecule has 5 heteroatoms. The smallest absolute Gasteiger partial charge is 0.337 e. The molecule has 116 valence electrons. The van der Waals surface area contributed by atoms with Crippen LogP contribution >= 0.6 is 0 Å². The number of aryl methyl sites for hydroxylation is 1. The maximum Gasteiger partial charge on any atom is 0.337 e. The highest BCUT2D eigenvalue weighted by atomic mass is 16.5. The summed E-state index contributed by atoms with van der Waals surface area (Å²) in [4.78, 5) is 20.4. The first-order chi connectivity index (χ1) is 11.1. The van der Waals surface area contributed by atoms with Crippen LogP contribution in [-0.2, 0) is 11.2 Å². The maximum atomic E-state index is 11.4. The van der Waals surface area contributed by atoms with Crippen LogP contribution in [0.3, 0.4) is 0 Å². The fourth-order valence-corrected chi connectivity index (χ4v) is 2.58. The number of carbonyl (C=O) groups is 1. The first-order valence-electron chi connectivity index (χ1n) is 7.27. The van der Waals surface area contributed by atoms with Crippen molar-refractivity contribution < 1.29 is 9.53 Å². The number of methoxy groups -OCH3 is 1. The lowest BCUT2D eigenvalue weighted by atomic mass is 10.1. The molecule has 0 aliphatic carbocycles. The van der Waals surface area contributed by atoms with Gasteiger partial charge in [-0.2, -0.15) is 0 Å². The summed E-state index contributed by atoms with van der Waals surface area (Å²) in [6, 6.07) is 13.1. The van der Waals surface area contributed by atoms with Crippen LogP contribution < -0.4 is 5.73 Å². The van der Waals surface area contributed by atoms with Gasteiger partial charge in [0.1, 0.15) is 11.6 Å². The lowest BCUT2D eigenvalue weighted by molar-refractivity contribution is 0.0600. The highest BCUT2D eigenvalue weighted by Gasteiger charge is 2.09. The summed E-state index contributed by atoms with van der Waals surface area (Å²) in [6.45, 7) is 1.99. The fraction of sp³-hybridized carbons (Fsp3) is 0.167.